The molecule has 15 heavy (non-hydrogen) atoms. The molecule has 1 aliphatic carbocycles. The van der Waals surface area contributed by atoms with E-state index in [1.54, 1.807) is 11.8 Å². The van der Waals surface area contributed by atoms with Gasteiger partial charge < -0.3 is 4.74 Å². The first-order chi connectivity index (χ1) is 7.34. The molecule has 1 saturated heterocycles. The van der Waals surface area contributed by atoms with Gasteiger partial charge in [0, 0.05) is 4.90 Å². The van der Waals surface area contributed by atoms with Crippen molar-refractivity contribution in [2.45, 2.75) is 29.3 Å². The summed E-state index contributed by atoms with van der Waals surface area (Å²) in [5.74, 6) is 0.545. The lowest BCUT2D eigenvalue weighted by atomic mass is 10.2. The predicted octanol–water partition coefficient (Wildman–Crippen LogP) is 2.48. The highest BCUT2D eigenvalue weighted by atomic mass is 32.2. The summed E-state index contributed by atoms with van der Waals surface area (Å²) >= 11 is 1.72. The molecule has 3 atom stereocenters. The van der Waals surface area contributed by atoms with Crippen molar-refractivity contribution in [3.63, 3.8) is 0 Å². The molecule has 1 aromatic rings. The molecule has 0 N–H and O–H groups in total. The molecule has 3 rings (SSSR count). The van der Waals surface area contributed by atoms with E-state index >= 15 is 0 Å². The topological polar surface area (TPSA) is 26.3 Å². The number of ether oxygens (including phenoxy) is 1. The van der Waals surface area contributed by atoms with Crippen LogP contribution in [0.2, 0.25) is 0 Å². The van der Waals surface area contributed by atoms with E-state index in [1.807, 2.05) is 18.2 Å². The molecule has 78 valence electrons. The quantitative estimate of drug-likeness (QED) is 0.766. The first-order valence-electron chi connectivity index (χ1n) is 5.25. The summed E-state index contributed by atoms with van der Waals surface area (Å²) in [5, 5.41) is 0. The molecule has 2 aliphatic rings. The van der Waals surface area contributed by atoms with Gasteiger partial charge in [0.2, 0.25) is 0 Å². The molecule has 3 unspecified atom stereocenters. The average Bonchev–Trinajstić information content (AvgIpc) is 2.91. The summed E-state index contributed by atoms with van der Waals surface area (Å²) in [6, 6.07) is 10.2. The third-order valence-electron chi connectivity index (χ3n) is 2.92. The van der Waals surface area contributed by atoms with E-state index in [0.29, 0.717) is 5.78 Å². The Labute approximate surface area is 93.0 Å². The molecule has 2 fully saturated rings. The minimum absolute atomic E-state index is 0.0695. The number of carbonyl (C=O) groups excluding carboxylic acids is 1. The van der Waals surface area contributed by atoms with E-state index < -0.39 is 0 Å². The zero-order valence-electron chi connectivity index (χ0n) is 8.26. The van der Waals surface area contributed by atoms with Crippen molar-refractivity contribution in [3.8, 4) is 0 Å². The molecule has 0 radical (unpaired) electrons. The van der Waals surface area contributed by atoms with Gasteiger partial charge in [-0.25, -0.2) is 0 Å². The van der Waals surface area contributed by atoms with E-state index in [4.69, 9.17) is 4.74 Å². The molecule has 2 nitrogen and oxygen atoms in total. The Bertz CT molecular complexity index is 376. The monoisotopic (exact) mass is 220 g/mol. The molecule has 1 saturated carbocycles. The number of benzene rings is 1. The number of hydrogen-bond acceptors (Lipinski definition) is 3. The molecule has 1 aromatic carbocycles. The summed E-state index contributed by atoms with van der Waals surface area (Å²) < 4.78 is 5.69. The Morgan fingerprint density at radius 1 is 1.20 bits per heavy atom. The average molecular weight is 220 g/mol. The zero-order chi connectivity index (χ0) is 10.3. The second-order valence-electron chi connectivity index (χ2n) is 4.00. The minimum atomic E-state index is -0.0695. The summed E-state index contributed by atoms with van der Waals surface area (Å²) in [6.45, 7) is 0. The Hall–Kier alpha value is -0.800. The second kappa shape index (κ2) is 3.65. The Balaban J connectivity index is 1.63. The number of thioether (sulfide) groups is 1. The van der Waals surface area contributed by atoms with Gasteiger partial charge in [0.15, 0.2) is 5.78 Å². The number of ketones is 1. The van der Waals surface area contributed by atoms with Crippen molar-refractivity contribution in [2.24, 2.45) is 5.92 Å². The molecule has 1 aliphatic heterocycles. The third-order valence-corrected chi connectivity index (χ3v) is 4.08. The normalized spacial score (nSPS) is 33.6. The first-order valence-corrected chi connectivity index (χ1v) is 6.13. The Morgan fingerprint density at radius 2 is 2.00 bits per heavy atom. The van der Waals surface area contributed by atoms with Gasteiger partial charge in [0.25, 0.3) is 0 Å². The van der Waals surface area contributed by atoms with Gasteiger partial charge in [-0.05, 0) is 25.0 Å². The highest BCUT2D eigenvalue weighted by molar-refractivity contribution is 7.99. The van der Waals surface area contributed by atoms with Gasteiger partial charge in [-0.2, -0.15) is 0 Å². The fourth-order valence-corrected chi connectivity index (χ4v) is 3.05. The van der Waals surface area contributed by atoms with Crippen molar-refractivity contribution >= 4 is 17.5 Å². The number of hydrogen-bond donors (Lipinski definition) is 0. The summed E-state index contributed by atoms with van der Waals surface area (Å²) in [7, 11) is 0. The van der Waals surface area contributed by atoms with Crippen LogP contribution in [0.3, 0.4) is 0 Å². The Morgan fingerprint density at radius 3 is 2.73 bits per heavy atom. The molecule has 0 spiro atoms. The first kappa shape index (κ1) is 9.43. The van der Waals surface area contributed by atoms with Gasteiger partial charge in [0.05, 0.1) is 5.92 Å². The molecule has 0 aromatic heterocycles. The predicted molar refractivity (Wildman–Crippen MR) is 58.7 cm³/mol. The fraction of sp³-hybridized carbons (Fsp3) is 0.417. The lowest BCUT2D eigenvalue weighted by molar-refractivity contribution is -0.113. The standard InChI is InChI=1S/C12H12O2S/c13-11-9-6-7-10(14-12(9)11)15-8-4-2-1-3-5-8/h1-5,9-10,12H,6-7H2. The molecule has 0 amide bonds. The maximum Gasteiger partial charge on any atom is 0.168 e. The highest BCUT2D eigenvalue weighted by Gasteiger charge is 2.54. The van der Waals surface area contributed by atoms with E-state index in [1.165, 1.54) is 4.90 Å². The lowest BCUT2D eigenvalue weighted by Crippen LogP contribution is -2.16. The number of rotatable bonds is 2. The maximum absolute atomic E-state index is 11.2. The van der Waals surface area contributed by atoms with Crippen LogP contribution in [0.4, 0.5) is 0 Å². The van der Waals surface area contributed by atoms with Gasteiger partial charge in [-0.15, -0.1) is 0 Å². The number of carbonyl (C=O) groups is 1. The van der Waals surface area contributed by atoms with E-state index in [0.717, 1.165) is 12.8 Å². The fourth-order valence-electron chi connectivity index (χ4n) is 2.01. The van der Waals surface area contributed by atoms with Gasteiger partial charge >= 0.3 is 0 Å². The van der Waals surface area contributed by atoms with Gasteiger partial charge in [-0.3, -0.25) is 4.79 Å². The minimum Gasteiger partial charge on any atom is -0.355 e. The van der Waals surface area contributed by atoms with Crippen LogP contribution in [0, 0.1) is 5.92 Å². The smallest absolute Gasteiger partial charge is 0.168 e. The third kappa shape index (κ3) is 1.82. The van der Waals surface area contributed by atoms with E-state index in [2.05, 4.69) is 12.1 Å². The summed E-state index contributed by atoms with van der Waals surface area (Å²) in [4.78, 5) is 12.4. The van der Waals surface area contributed by atoms with E-state index in [9.17, 15) is 4.79 Å². The van der Waals surface area contributed by atoms with Crippen molar-refractivity contribution < 1.29 is 9.53 Å². The zero-order valence-corrected chi connectivity index (χ0v) is 9.07. The van der Waals surface area contributed by atoms with Crippen LogP contribution in [0.1, 0.15) is 12.8 Å². The van der Waals surface area contributed by atoms with Gasteiger partial charge in [0.1, 0.15) is 11.5 Å². The van der Waals surface area contributed by atoms with Crippen LogP contribution in [-0.4, -0.2) is 17.3 Å². The number of Topliss-reactive ketones (excluding diaryl/α,β-unsaturated/α-hetero) is 1. The summed E-state index contributed by atoms with van der Waals surface area (Å²) in [5.41, 5.74) is 0.167. The number of fused-ring (bicyclic) bond motifs is 1. The Kier molecular flexibility index (Phi) is 2.29. The molecular formula is C12H12O2S. The summed E-state index contributed by atoms with van der Waals surface area (Å²) in [6.07, 6.45) is 1.93. The molecule has 0 bridgehead atoms. The molecule has 3 heteroatoms. The van der Waals surface area contributed by atoms with Crippen LogP contribution in [0.25, 0.3) is 0 Å². The maximum atomic E-state index is 11.2. The van der Waals surface area contributed by atoms with Crippen LogP contribution < -0.4 is 0 Å². The van der Waals surface area contributed by atoms with Crippen LogP contribution >= 0.6 is 11.8 Å². The van der Waals surface area contributed by atoms with Crippen molar-refractivity contribution in [2.75, 3.05) is 0 Å². The van der Waals surface area contributed by atoms with Crippen LogP contribution in [0.15, 0.2) is 35.2 Å². The molecule has 1 heterocycles. The van der Waals surface area contributed by atoms with Crippen molar-refractivity contribution in [1.29, 1.82) is 0 Å². The van der Waals surface area contributed by atoms with Crippen molar-refractivity contribution in [3.05, 3.63) is 30.3 Å². The SMILES string of the molecule is O=C1C2CCC(Sc3ccccc3)OC12. The van der Waals surface area contributed by atoms with Crippen molar-refractivity contribution in [1.82, 2.24) is 0 Å². The largest absolute Gasteiger partial charge is 0.355 e. The lowest BCUT2D eigenvalue weighted by Gasteiger charge is -2.20. The van der Waals surface area contributed by atoms with E-state index in [-0.39, 0.29) is 17.5 Å². The van der Waals surface area contributed by atoms with Gasteiger partial charge in [-0.1, -0.05) is 30.0 Å². The van der Waals surface area contributed by atoms with Crippen LogP contribution in [0.5, 0.6) is 0 Å². The second-order valence-corrected chi connectivity index (χ2v) is 5.24. The van der Waals surface area contributed by atoms with Crippen LogP contribution in [-0.2, 0) is 9.53 Å². The molecular weight excluding hydrogens is 208 g/mol. The highest BCUT2D eigenvalue weighted by Crippen LogP contribution is 2.43.